The monoisotopic (exact) mass is 416 g/mol. The molecule has 30 heavy (non-hydrogen) atoms. The largest absolute Gasteiger partial charge is 0.461 e. The van der Waals surface area contributed by atoms with Gasteiger partial charge in [0.25, 0.3) is 0 Å². The summed E-state index contributed by atoms with van der Waals surface area (Å²) in [6.45, 7) is -0.333. The van der Waals surface area contributed by atoms with Crippen molar-refractivity contribution in [3.05, 3.63) is 48.6 Å². The van der Waals surface area contributed by atoms with Gasteiger partial charge in [-0.1, -0.05) is 24.3 Å². The second kappa shape index (κ2) is 9.56. The Morgan fingerprint density at radius 1 is 0.433 bits per heavy atom. The van der Waals surface area contributed by atoms with Gasteiger partial charge in [-0.3, -0.25) is 19.2 Å². The highest BCUT2D eigenvalue weighted by atomic mass is 16.6. The number of carbonyl (C=O) groups excluding carboxylic acids is 4. The van der Waals surface area contributed by atoms with E-state index in [2.05, 4.69) is 0 Å². The fourth-order valence-corrected chi connectivity index (χ4v) is 3.46. The predicted molar refractivity (Wildman–Crippen MR) is 104 cm³/mol. The zero-order valence-corrected chi connectivity index (χ0v) is 16.5. The van der Waals surface area contributed by atoms with Gasteiger partial charge in [-0.2, -0.15) is 0 Å². The van der Waals surface area contributed by atoms with Crippen LogP contribution in [0.4, 0.5) is 0 Å². The zero-order chi connectivity index (χ0) is 21.5. The molecule has 1 heterocycles. The van der Waals surface area contributed by atoms with Crippen molar-refractivity contribution in [2.24, 2.45) is 10.8 Å². The Morgan fingerprint density at radius 3 is 0.900 bits per heavy atom. The summed E-state index contributed by atoms with van der Waals surface area (Å²) in [6, 6.07) is 0. The number of esters is 4. The van der Waals surface area contributed by atoms with Gasteiger partial charge in [0.15, 0.2) is 10.8 Å². The van der Waals surface area contributed by atoms with Crippen LogP contribution in [0.1, 0.15) is 25.7 Å². The van der Waals surface area contributed by atoms with Crippen molar-refractivity contribution in [2.75, 3.05) is 26.4 Å². The van der Waals surface area contributed by atoms with Gasteiger partial charge in [0.2, 0.25) is 0 Å². The molecule has 0 atom stereocenters. The second-order valence-corrected chi connectivity index (χ2v) is 7.26. The lowest BCUT2D eigenvalue weighted by atomic mass is 9.85. The fraction of sp³-hybridized carbons (Fsp3) is 0.455. The van der Waals surface area contributed by atoms with Gasteiger partial charge in [0.1, 0.15) is 26.4 Å². The molecule has 0 bridgehead atoms. The first-order valence-electron chi connectivity index (χ1n) is 9.80. The SMILES string of the molecule is O=C1OC/C=C/COC(=O)C2(CC=CC2)C(=O)OC/C=C/COC(=O)C12CC=CC2. The number of hydrogen-bond donors (Lipinski definition) is 0. The van der Waals surface area contributed by atoms with Crippen molar-refractivity contribution in [2.45, 2.75) is 25.7 Å². The van der Waals surface area contributed by atoms with E-state index in [1.165, 1.54) is 24.3 Å². The molecule has 0 N–H and O–H groups in total. The van der Waals surface area contributed by atoms with E-state index in [4.69, 9.17) is 18.9 Å². The molecule has 0 radical (unpaired) electrons. The number of cyclic esters (lactones) is 4. The lowest BCUT2D eigenvalue weighted by molar-refractivity contribution is -0.172. The lowest BCUT2D eigenvalue weighted by Gasteiger charge is -2.24. The van der Waals surface area contributed by atoms with Crippen LogP contribution in [-0.4, -0.2) is 50.3 Å². The first kappa shape index (κ1) is 21.5. The van der Waals surface area contributed by atoms with E-state index < -0.39 is 34.7 Å². The Morgan fingerprint density at radius 2 is 0.667 bits per heavy atom. The molecule has 0 fully saturated rings. The maximum absolute atomic E-state index is 12.5. The van der Waals surface area contributed by atoms with E-state index in [-0.39, 0.29) is 52.1 Å². The summed E-state index contributed by atoms with van der Waals surface area (Å²) in [5.74, 6) is -2.63. The molecule has 0 aromatic heterocycles. The highest BCUT2D eigenvalue weighted by molar-refractivity contribution is 6.01. The van der Waals surface area contributed by atoms with Crippen molar-refractivity contribution in [1.82, 2.24) is 0 Å². The van der Waals surface area contributed by atoms with E-state index in [0.717, 1.165) is 0 Å². The first-order valence-corrected chi connectivity index (χ1v) is 9.80. The molecule has 0 aromatic carbocycles. The standard InChI is InChI=1S/C22H24O8/c23-17-21(9-1-2-10-21)18(24)28-14-6-8-16-30-20(26)22(11-3-4-12-22)19(25)29-15-7-5-13-27-17/h1-8H,9-16H2/b7-5+,8-6+. The lowest BCUT2D eigenvalue weighted by Crippen LogP contribution is -2.40. The van der Waals surface area contributed by atoms with Gasteiger partial charge < -0.3 is 18.9 Å². The summed E-state index contributed by atoms with van der Waals surface area (Å²) in [5, 5.41) is 0. The van der Waals surface area contributed by atoms with Crippen LogP contribution in [0, 0.1) is 10.8 Å². The minimum absolute atomic E-state index is 0.0833. The summed E-state index contributed by atoms with van der Waals surface area (Å²) >= 11 is 0. The molecule has 0 saturated heterocycles. The van der Waals surface area contributed by atoms with Crippen molar-refractivity contribution >= 4 is 23.9 Å². The van der Waals surface area contributed by atoms with Crippen molar-refractivity contribution in [3.8, 4) is 0 Å². The first-order chi connectivity index (χ1) is 14.5. The number of hydrogen-bond acceptors (Lipinski definition) is 8. The van der Waals surface area contributed by atoms with Gasteiger partial charge in [-0.15, -0.1) is 0 Å². The van der Waals surface area contributed by atoms with Crippen LogP contribution in [0.15, 0.2) is 48.6 Å². The van der Waals surface area contributed by atoms with Gasteiger partial charge in [-0.05, 0) is 50.0 Å². The highest BCUT2D eigenvalue weighted by Crippen LogP contribution is 2.37. The number of allylic oxidation sites excluding steroid dienone is 4. The molecular formula is C22H24O8. The smallest absolute Gasteiger partial charge is 0.324 e. The van der Waals surface area contributed by atoms with Gasteiger partial charge >= 0.3 is 23.9 Å². The molecule has 3 aliphatic rings. The summed E-state index contributed by atoms with van der Waals surface area (Å²) in [6.07, 6.45) is 13.9. The van der Waals surface area contributed by atoms with Gasteiger partial charge in [0.05, 0.1) is 0 Å². The molecule has 0 unspecified atom stereocenters. The molecule has 1 aliphatic heterocycles. The second-order valence-electron chi connectivity index (χ2n) is 7.26. The van der Waals surface area contributed by atoms with Crippen LogP contribution < -0.4 is 0 Å². The summed E-state index contributed by atoms with van der Waals surface area (Å²) in [7, 11) is 0. The Labute approximate surface area is 174 Å². The Bertz CT molecular complexity index is 685. The van der Waals surface area contributed by atoms with Crippen molar-refractivity contribution in [1.29, 1.82) is 0 Å². The quantitative estimate of drug-likeness (QED) is 0.255. The van der Waals surface area contributed by atoms with Crippen LogP contribution in [0.25, 0.3) is 0 Å². The third-order valence-corrected chi connectivity index (χ3v) is 5.34. The molecule has 0 saturated carbocycles. The van der Waals surface area contributed by atoms with E-state index in [9.17, 15) is 19.2 Å². The van der Waals surface area contributed by atoms with Crippen LogP contribution in [0.2, 0.25) is 0 Å². The molecular weight excluding hydrogens is 392 g/mol. The Balaban J connectivity index is 1.71. The maximum atomic E-state index is 12.5. The average Bonchev–Trinajstić information content (AvgIpc) is 3.43. The molecule has 0 amide bonds. The maximum Gasteiger partial charge on any atom is 0.324 e. The molecule has 0 aromatic rings. The number of ether oxygens (including phenoxy) is 4. The molecule has 2 spiro atoms. The molecule has 2 aliphatic carbocycles. The minimum Gasteiger partial charge on any atom is -0.461 e. The minimum atomic E-state index is -1.38. The van der Waals surface area contributed by atoms with Crippen LogP contribution in [0.3, 0.4) is 0 Å². The van der Waals surface area contributed by atoms with Gasteiger partial charge in [-0.25, -0.2) is 0 Å². The summed E-state index contributed by atoms with van der Waals surface area (Å²) < 4.78 is 20.9. The molecule has 8 heteroatoms. The third kappa shape index (κ3) is 4.37. The highest BCUT2D eigenvalue weighted by Gasteiger charge is 2.50. The van der Waals surface area contributed by atoms with Crippen molar-refractivity contribution in [3.63, 3.8) is 0 Å². The van der Waals surface area contributed by atoms with Crippen LogP contribution >= 0.6 is 0 Å². The number of carbonyl (C=O) groups is 4. The Kier molecular flexibility index (Phi) is 6.87. The van der Waals surface area contributed by atoms with E-state index in [0.29, 0.717) is 0 Å². The number of rotatable bonds is 0. The zero-order valence-electron chi connectivity index (χ0n) is 16.5. The van der Waals surface area contributed by atoms with Crippen LogP contribution in [0.5, 0.6) is 0 Å². The van der Waals surface area contributed by atoms with E-state index >= 15 is 0 Å². The van der Waals surface area contributed by atoms with Gasteiger partial charge in [0, 0.05) is 0 Å². The molecule has 160 valence electrons. The average molecular weight is 416 g/mol. The molecule has 8 nitrogen and oxygen atoms in total. The normalized spacial score (nSPS) is 26.4. The topological polar surface area (TPSA) is 105 Å². The summed E-state index contributed by atoms with van der Waals surface area (Å²) in [4.78, 5) is 50.1. The Hall–Kier alpha value is -3.16. The van der Waals surface area contributed by atoms with E-state index in [1.54, 1.807) is 24.3 Å². The van der Waals surface area contributed by atoms with Crippen molar-refractivity contribution < 1.29 is 38.1 Å². The molecule has 3 rings (SSSR count). The fourth-order valence-electron chi connectivity index (χ4n) is 3.46. The van der Waals surface area contributed by atoms with Crippen LogP contribution in [-0.2, 0) is 38.1 Å². The summed E-state index contributed by atoms with van der Waals surface area (Å²) in [5.41, 5.74) is -2.76. The predicted octanol–water partition coefficient (Wildman–Crippen LogP) is 1.96. The third-order valence-electron chi connectivity index (χ3n) is 5.34. The van der Waals surface area contributed by atoms with E-state index in [1.807, 2.05) is 0 Å².